The third kappa shape index (κ3) is 2.96. The van der Waals surface area contributed by atoms with E-state index < -0.39 is 0 Å². The van der Waals surface area contributed by atoms with E-state index in [1.165, 1.54) is 0 Å². The summed E-state index contributed by atoms with van der Waals surface area (Å²) in [4.78, 5) is 11.2. The van der Waals surface area contributed by atoms with Gasteiger partial charge in [-0.2, -0.15) is 0 Å². The van der Waals surface area contributed by atoms with Gasteiger partial charge in [-0.3, -0.25) is 0 Å². The molecule has 1 atom stereocenters. The number of hydrogen-bond acceptors (Lipinski definition) is 5. The first-order chi connectivity index (χ1) is 9.22. The number of pyridine rings is 1. The van der Waals surface area contributed by atoms with E-state index in [1.807, 2.05) is 25.3 Å². The van der Waals surface area contributed by atoms with Gasteiger partial charge in [0.25, 0.3) is 0 Å². The van der Waals surface area contributed by atoms with Crippen molar-refractivity contribution in [2.75, 3.05) is 24.6 Å². The molecular formula is C13H14BrN3OS. The summed E-state index contributed by atoms with van der Waals surface area (Å²) in [7, 11) is 0. The molecule has 100 valence electrons. The lowest BCUT2D eigenvalue weighted by molar-refractivity contribution is 0.0393. The molecule has 0 saturated carbocycles. The van der Waals surface area contributed by atoms with E-state index in [2.05, 4.69) is 36.2 Å². The first kappa shape index (κ1) is 13.0. The van der Waals surface area contributed by atoms with Crippen LogP contribution in [0.1, 0.15) is 16.8 Å². The molecule has 3 heterocycles. The first-order valence-electron chi connectivity index (χ1n) is 6.12. The van der Waals surface area contributed by atoms with Crippen LogP contribution >= 0.6 is 27.3 Å². The Morgan fingerprint density at radius 3 is 3.05 bits per heavy atom. The summed E-state index contributed by atoms with van der Waals surface area (Å²) in [6.07, 6.45) is 1.88. The van der Waals surface area contributed by atoms with Gasteiger partial charge in [-0.1, -0.05) is 0 Å². The van der Waals surface area contributed by atoms with Crippen LogP contribution in [0.2, 0.25) is 0 Å². The number of morpholine rings is 1. The van der Waals surface area contributed by atoms with Gasteiger partial charge in [0, 0.05) is 28.3 Å². The predicted molar refractivity (Wildman–Crippen MR) is 79.7 cm³/mol. The number of ether oxygens (including phenoxy) is 1. The van der Waals surface area contributed by atoms with Crippen molar-refractivity contribution in [3.05, 3.63) is 38.9 Å². The van der Waals surface area contributed by atoms with Crippen molar-refractivity contribution < 1.29 is 4.74 Å². The molecule has 0 aromatic carbocycles. The molecule has 1 aliphatic rings. The topological polar surface area (TPSA) is 38.2 Å². The Balaban J connectivity index is 1.76. The van der Waals surface area contributed by atoms with Crippen LogP contribution in [0.25, 0.3) is 0 Å². The van der Waals surface area contributed by atoms with Crippen molar-refractivity contribution in [3.63, 3.8) is 0 Å². The maximum Gasteiger partial charge on any atom is 0.128 e. The van der Waals surface area contributed by atoms with Crippen LogP contribution in [0.5, 0.6) is 0 Å². The summed E-state index contributed by atoms with van der Waals surface area (Å²) >= 11 is 5.07. The number of hydrogen-bond donors (Lipinski definition) is 0. The fourth-order valence-electron chi connectivity index (χ4n) is 2.08. The Kier molecular flexibility index (Phi) is 3.81. The highest BCUT2D eigenvalue weighted by atomic mass is 79.9. The third-order valence-electron chi connectivity index (χ3n) is 3.01. The molecule has 0 amide bonds. The molecule has 1 aliphatic heterocycles. The zero-order valence-corrected chi connectivity index (χ0v) is 12.9. The molecule has 0 spiro atoms. The summed E-state index contributed by atoms with van der Waals surface area (Å²) in [6.45, 7) is 4.40. The zero-order valence-electron chi connectivity index (χ0n) is 10.5. The van der Waals surface area contributed by atoms with Crippen molar-refractivity contribution in [3.8, 4) is 0 Å². The number of thiazole rings is 1. The molecule has 1 unspecified atom stereocenters. The molecule has 0 bridgehead atoms. The fraction of sp³-hybridized carbons (Fsp3) is 0.385. The summed E-state index contributed by atoms with van der Waals surface area (Å²) < 4.78 is 6.82. The summed E-state index contributed by atoms with van der Waals surface area (Å²) in [5.74, 6) is 0.991. The Morgan fingerprint density at radius 2 is 2.37 bits per heavy atom. The number of rotatable bonds is 2. The van der Waals surface area contributed by atoms with Crippen LogP contribution in [0, 0.1) is 6.92 Å². The fourth-order valence-corrected chi connectivity index (χ4v) is 3.15. The smallest absolute Gasteiger partial charge is 0.128 e. The second kappa shape index (κ2) is 5.56. The summed E-state index contributed by atoms with van der Waals surface area (Å²) in [6, 6.07) is 4.04. The minimum absolute atomic E-state index is 0.0536. The minimum atomic E-state index is 0.0536. The second-order valence-electron chi connectivity index (χ2n) is 4.47. The average Bonchev–Trinajstić information content (AvgIpc) is 2.86. The molecule has 0 aliphatic carbocycles. The SMILES string of the molecule is Cc1csc(C2CN(c3ccc(Br)cn3)CCO2)n1. The molecule has 3 rings (SSSR count). The average molecular weight is 340 g/mol. The molecule has 19 heavy (non-hydrogen) atoms. The molecule has 6 heteroatoms. The van der Waals surface area contributed by atoms with Crippen molar-refractivity contribution in [1.29, 1.82) is 0 Å². The lowest BCUT2D eigenvalue weighted by atomic mass is 10.2. The van der Waals surface area contributed by atoms with Crippen LogP contribution in [-0.2, 0) is 4.74 Å². The zero-order chi connectivity index (χ0) is 13.2. The molecule has 1 saturated heterocycles. The molecular weight excluding hydrogens is 326 g/mol. The third-order valence-corrected chi connectivity index (χ3v) is 4.54. The first-order valence-corrected chi connectivity index (χ1v) is 7.80. The second-order valence-corrected chi connectivity index (χ2v) is 6.27. The van der Waals surface area contributed by atoms with E-state index in [0.29, 0.717) is 6.61 Å². The van der Waals surface area contributed by atoms with Gasteiger partial charge in [0.2, 0.25) is 0 Å². The van der Waals surface area contributed by atoms with Crippen molar-refractivity contribution in [2.24, 2.45) is 0 Å². The Morgan fingerprint density at radius 1 is 1.47 bits per heavy atom. The molecule has 1 fully saturated rings. The van der Waals surface area contributed by atoms with Crippen LogP contribution < -0.4 is 4.90 Å². The molecule has 2 aromatic heterocycles. The highest BCUT2D eigenvalue weighted by molar-refractivity contribution is 9.10. The van der Waals surface area contributed by atoms with Gasteiger partial charge in [0.1, 0.15) is 16.9 Å². The van der Waals surface area contributed by atoms with Gasteiger partial charge in [-0.25, -0.2) is 9.97 Å². The molecule has 0 radical (unpaired) electrons. The maximum atomic E-state index is 5.82. The van der Waals surface area contributed by atoms with Gasteiger partial charge in [-0.15, -0.1) is 11.3 Å². The standard InChI is InChI=1S/C13H14BrN3OS/c1-9-8-19-13(16-9)11-7-17(4-5-18-11)12-3-2-10(14)6-15-12/h2-3,6,8,11H,4-5,7H2,1H3. The van der Waals surface area contributed by atoms with Gasteiger partial charge >= 0.3 is 0 Å². The minimum Gasteiger partial charge on any atom is -0.367 e. The van der Waals surface area contributed by atoms with E-state index in [0.717, 1.165) is 34.1 Å². The Labute approximate surface area is 124 Å². The molecule has 2 aromatic rings. The number of nitrogens with zero attached hydrogens (tertiary/aromatic N) is 3. The predicted octanol–water partition coefficient (Wildman–Crippen LogP) is 3.19. The van der Waals surface area contributed by atoms with Crippen LogP contribution in [-0.4, -0.2) is 29.7 Å². The highest BCUT2D eigenvalue weighted by Crippen LogP contribution is 2.27. The Hall–Kier alpha value is -0.980. The van der Waals surface area contributed by atoms with E-state index in [1.54, 1.807) is 11.3 Å². The monoisotopic (exact) mass is 339 g/mol. The summed E-state index contributed by atoms with van der Waals surface area (Å²) in [5.41, 5.74) is 1.06. The number of halogens is 1. The van der Waals surface area contributed by atoms with Gasteiger partial charge in [0.05, 0.1) is 13.2 Å². The van der Waals surface area contributed by atoms with E-state index >= 15 is 0 Å². The van der Waals surface area contributed by atoms with Crippen LogP contribution in [0.3, 0.4) is 0 Å². The quantitative estimate of drug-likeness (QED) is 0.842. The van der Waals surface area contributed by atoms with Crippen molar-refractivity contribution in [1.82, 2.24) is 9.97 Å². The largest absolute Gasteiger partial charge is 0.367 e. The highest BCUT2D eigenvalue weighted by Gasteiger charge is 2.24. The van der Waals surface area contributed by atoms with E-state index in [4.69, 9.17) is 4.74 Å². The van der Waals surface area contributed by atoms with Gasteiger partial charge in [0.15, 0.2) is 0 Å². The number of aromatic nitrogens is 2. The van der Waals surface area contributed by atoms with Gasteiger partial charge < -0.3 is 9.64 Å². The van der Waals surface area contributed by atoms with E-state index in [9.17, 15) is 0 Å². The molecule has 4 nitrogen and oxygen atoms in total. The normalized spacial score (nSPS) is 19.7. The van der Waals surface area contributed by atoms with Crippen LogP contribution in [0.15, 0.2) is 28.2 Å². The lowest BCUT2D eigenvalue weighted by Gasteiger charge is -2.32. The van der Waals surface area contributed by atoms with Gasteiger partial charge in [-0.05, 0) is 35.0 Å². The summed E-state index contributed by atoms with van der Waals surface area (Å²) in [5, 5.41) is 3.12. The lowest BCUT2D eigenvalue weighted by Crippen LogP contribution is -2.38. The molecule has 0 N–H and O–H groups in total. The Bertz CT molecular complexity index is 557. The number of aryl methyl sites for hydroxylation is 1. The van der Waals surface area contributed by atoms with Crippen LogP contribution in [0.4, 0.5) is 5.82 Å². The van der Waals surface area contributed by atoms with E-state index in [-0.39, 0.29) is 6.10 Å². The number of anilines is 1. The van der Waals surface area contributed by atoms with Crippen molar-refractivity contribution >= 4 is 33.1 Å². The maximum absolute atomic E-state index is 5.82. The van der Waals surface area contributed by atoms with Crippen molar-refractivity contribution in [2.45, 2.75) is 13.0 Å².